The zero-order chi connectivity index (χ0) is 13.1. The van der Waals surface area contributed by atoms with E-state index in [-0.39, 0.29) is 0 Å². The van der Waals surface area contributed by atoms with Gasteiger partial charge in [-0.3, -0.25) is 4.79 Å². The molecule has 0 bridgehead atoms. The molecule has 1 aromatic carbocycles. The molecular weight excluding hydrogens is 236 g/mol. The molecule has 0 spiro atoms. The first-order chi connectivity index (χ1) is 9.33. The SMILES string of the molecule is O=C(C1CC1)N1CCCNC(Cc2ccccc2)C1. The minimum absolute atomic E-state index is 0.343. The second-order valence-corrected chi connectivity index (χ2v) is 5.75. The average molecular weight is 258 g/mol. The molecule has 1 saturated heterocycles. The molecule has 0 aromatic heterocycles. The molecule has 3 rings (SSSR count). The van der Waals surface area contributed by atoms with Crippen LogP contribution in [-0.4, -0.2) is 36.5 Å². The molecule has 102 valence electrons. The second kappa shape index (κ2) is 5.74. The summed E-state index contributed by atoms with van der Waals surface area (Å²) in [6.07, 6.45) is 4.29. The van der Waals surface area contributed by atoms with Crippen molar-refractivity contribution in [1.82, 2.24) is 10.2 Å². The van der Waals surface area contributed by atoms with Crippen molar-refractivity contribution in [3.8, 4) is 0 Å². The molecule has 1 saturated carbocycles. The third-order valence-corrected chi connectivity index (χ3v) is 4.04. The van der Waals surface area contributed by atoms with Gasteiger partial charge in [0.05, 0.1) is 0 Å². The van der Waals surface area contributed by atoms with Gasteiger partial charge in [-0.1, -0.05) is 30.3 Å². The minimum Gasteiger partial charge on any atom is -0.341 e. The van der Waals surface area contributed by atoms with Crippen molar-refractivity contribution >= 4 is 5.91 Å². The number of rotatable bonds is 3. The molecule has 1 heterocycles. The van der Waals surface area contributed by atoms with E-state index in [0.717, 1.165) is 45.3 Å². The highest BCUT2D eigenvalue weighted by Crippen LogP contribution is 2.31. The van der Waals surface area contributed by atoms with E-state index in [1.807, 2.05) is 6.07 Å². The summed E-state index contributed by atoms with van der Waals surface area (Å²) in [7, 11) is 0. The smallest absolute Gasteiger partial charge is 0.225 e. The molecule has 3 heteroatoms. The third kappa shape index (κ3) is 3.35. The number of carbonyl (C=O) groups excluding carboxylic acids is 1. The molecule has 2 aliphatic rings. The lowest BCUT2D eigenvalue weighted by atomic mass is 10.1. The lowest BCUT2D eigenvalue weighted by Gasteiger charge is -2.24. The molecule has 1 amide bonds. The zero-order valence-electron chi connectivity index (χ0n) is 11.3. The van der Waals surface area contributed by atoms with Crippen molar-refractivity contribution in [3.05, 3.63) is 35.9 Å². The number of benzene rings is 1. The maximum atomic E-state index is 12.2. The Morgan fingerprint density at radius 2 is 2.05 bits per heavy atom. The Labute approximate surface area is 115 Å². The van der Waals surface area contributed by atoms with Crippen LogP contribution in [0.1, 0.15) is 24.8 Å². The molecule has 1 unspecified atom stereocenters. The van der Waals surface area contributed by atoms with E-state index in [1.54, 1.807) is 0 Å². The van der Waals surface area contributed by atoms with Crippen LogP contribution in [0.25, 0.3) is 0 Å². The molecule has 2 fully saturated rings. The Bertz CT molecular complexity index is 428. The van der Waals surface area contributed by atoms with Gasteiger partial charge in [-0.2, -0.15) is 0 Å². The van der Waals surface area contributed by atoms with Crippen molar-refractivity contribution in [2.45, 2.75) is 31.7 Å². The van der Waals surface area contributed by atoms with Crippen LogP contribution in [0.2, 0.25) is 0 Å². The van der Waals surface area contributed by atoms with Gasteiger partial charge in [0.25, 0.3) is 0 Å². The van der Waals surface area contributed by atoms with Crippen molar-refractivity contribution in [1.29, 1.82) is 0 Å². The lowest BCUT2D eigenvalue weighted by molar-refractivity contribution is -0.132. The highest BCUT2D eigenvalue weighted by Gasteiger charge is 2.34. The highest BCUT2D eigenvalue weighted by atomic mass is 16.2. The van der Waals surface area contributed by atoms with Gasteiger partial charge in [-0.05, 0) is 37.8 Å². The van der Waals surface area contributed by atoms with Crippen LogP contribution in [-0.2, 0) is 11.2 Å². The number of carbonyl (C=O) groups is 1. The topological polar surface area (TPSA) is 32.3 Å². The van der Waals surface area contributed by atoms with E-state index in [0.29, 0.717) is 17.9 Å². The monoisotopic (exact) mass is 258 g/mol. The summed E-state index contributed by atoms with van der Waals surface area (Å²) in [6, 6.07) is 10.9. The summed E-state index contributed by atoms with van der Waals surface area (Å²) in [4.78, 5) is 14.3. The molecular formula is C16H22N2O. The predicted molar refractivity (Wildman–Crippen MR) is 75.9 cm³/mol. The standard InChI is InChI=1S/C16H22N2O/c19-16(14-7-8-14)18-10-4-9-17-15(12-18)11-13-5-2-1-3-6-13/h1-3,5-6,14-15,17H,4,7-12H2. The normalized spacial score (nSPS) is 24.0. The number of hydrogen-bond donors (Lipinski definition) is 1. The maximum absolute atomic E-state index is 12.2. The van der Waals surface area contributed by atoms with E-state index in [1.165, 1.54) is 5.56 Å². The van der Waals surface area contributed by atoms with Crippen molar-refractivity contribution < 1.29 is 4.79 Å². The largest absolute Gasteiger partial charge is 0.341 e. The van der Waals surface area contributed by atoms with Crippen LogP contribution in [0.4, 0.5) is 0 Å². The van der Waals surface area contributed by atoms with Crippen molar-refractivity contribution in [2.75, 3.05) is 19.6 Å². The Kier molecular flexibility index (Phi) is 3.83. The fraction of sp³-hybridized carbons (Fsp3) is 0.562. The van der Waals surface area contributed by atoms with Crippen molar-refractivity contribution in [2.24, 2.45) is 5.92 Å². The van der Waals surface area contributed by atoms with Crippen LogP contribution in [0.5, 0.6) is 0 Å². The molecule has 1 aliphatic heterocycles. The molecule has 1 N–H and O–H groups in total. The Balaban J connectivity index is 1.62. The summed E-state index contributed by atoms with van der Waals surface area (Å²) in [5.41, 5.74) is 1.35. The van der Waals surface area contributed by atoms with E-state index in [2.05, 4.69) is 34.5 Å². The number of nitrogens with one attached hydrogen (secondary N) is 1. The number of hydrogen-bond acceptors (Lipinski definition) is 2. The van der Waals surface area contributed by atoms with Crippen molar-refractivity contribution in [3.63, 3.8) is 0 Å². The van der Waals surface area contributed by atoms with Gasteiger partial charge < -0.3 is 10.2 Å². The van der Waals surface area contributed by atoms with Gasteiger partial charge in [0.1, 0.15) is 0 Å². The van der Waals surface area contributed by atoms with Gasteiger partial charge in [0.2, 0.25) is 5.91 Å². The average Bonchev–Trinajstić information content (AvgIpc) is 3.27. The summed E-state index contributed by atoms with van der Waals surface area (Å²) in [5, 5.41) is 3.58. The van der Waals surface area contributed by atoms with Crippen LogP contribution >= 0.6 is 0 Å². The fourth-order valence-corrected chi connectivity index (χ4v) is 2.82. The first kappa shape index (κ1) is 12.7. The quantitative estimate of drug-likeness (QED) is 0.897. The van der Waals surface area contributed by atoms with E-state index in [4.69, 9.17) is 0 Å². The fourth-order valence-electron chi connectivity index (χ4n) is 2.82. The first-order valence-corrected chi connectivity index (χ1v) is 7.39. The summed E-state index contributed by atoms with van der Waals surface area (Å²) >= 11 is 0. The van der Waals surface area contributed by atoms with Crippen LogP contribution in [0, 0.1) is 5.92 Å². The molecule has 19 heavy (non-hydrogen) atoms. The van der Waals surface area contributed by atoms with Gasteiger partial charge in [-0.15, -0.1) is 0 Å². The maximum Gasteiger partial charge on any atom is 0.225 e. The zero-order valence-corrected chi connectivity index (χ0v) is 11.3. The molecule has 1 aliphatic carbocycles. The lowest BCUT2D eigenvalue weighted by Crippen LogP contribution is -2.42. The Morgan fingerprint density at radius 1 is 1.26 bits per heavy atom. The van der Waals surface area contributed by atoms with Crippen LogP contribution in [0.3, 0.4) is 0 Å². The number of amides is 1. The first-order valence-electron chi connectivity index (χ1n) is 7.39. The predicted octanol–water partition coefficient (Wildman–Crippen LogP) is 1.83. The Morgan fingerprint density at radius 3 is 2.79 bits per heavy atom. The van der Waals surface area contributed by atoms with Gasteiger partial charge >= 0.3 is 0 Å². The summed E-state index contributed by atoms with van der Waals surface area (Å²) in [6.45, 7) is 2.81. The van der Waals surface area contributed by atoms with E-state index < -0.39 is 0 Å². The minimum atomic E-state index is 0.343. The third-order valence-electron chi connectivity index (χ3n) is 4.04. The Hall–Kier alpha value is -1.35. The molecule has 1 atom stereocenters. The van der Waals surface area contributed by atoms with E-state index >= 15 is 0 Å². The molecule has 1 aromatic rings. The van der Waals surface area contributed by atoms with Gasteiger partial charge in [0.15, 0.2) is 0 Å². The molecule has 0 radical (unpaired) electrons. The molecule has 3 nitrogen and oxygen atoms in total. The van der Waals surface area contributed by atoms with Gasteiger partial charge in [0, 0.05) is 25.0 Å². The second-order valence-electron chi connectivity index (χ2n) is 5.75. The number of nitrogens with zero attached hydrogens (tertiary/aromatic N) is 1. The summed E-state index contributed by atoms with van der Waals surface area (Å²) in [5.74, 6) is 0.734. The van der Waals surface area contributed by atoms with Crippen LogP contribution in [0.15, 0.2) is 30.3 Å². The van der Waals surface area contributed by atoms with E-state index in [9.17, 15) is 4.79 Å². The van der Waals surface area contributed by atoms with Gasteiger partial charge in [-0.25, -0.2) is 0 Å². The summed E-state index contributed by atoms with van der Waals surface area (Å²) < 4.78 is 0. The van der Waals surface area contributed by atoms with Crippen LogP contribution < -0.4 is 5.32 Å². The highest BCUT2D eigenvalue weighted by molar-refractivity contribution is 5.81.